The van der Waals surface area contributed by atoms with Crippen LogP contribution < -0.4 is 10.0 Å². The molecule has 3 aromatic rings. The lowest BCUT2D eigenvalue weighted by atomic mass is 10.2. The van der Waals surface area contributed by atoms with E-state index in [1.54, 1.807) is 18.4 Å². The van der Waals surface area contributed by atoms with Gasteiger partial charge in [0.2, 0.25) is 0 Å². The van der Waals surface area contributed by atoms with Crippen LogP contribution in [0.2, 0.25) is 0 Å². The fraction of sp³-hybridized carbons (Fsp3) is 0.100. The quantitative estimate of drug-likeness (QED) is 0.530. The molecule has 1 aromatic heterocycles. The van der Waals surface area contributed by atoms with Crippen molar-refractivity contribution in [2.24, 2.45) is 0 Å². The maximum absolute atomic E-state index is 13.0. The normalized spacial score (nSPS) is 11.0. The summed E-state index contributed by atoms with van der Waals surface area (Å²) in [5.74, 6) is -1.62. The zero-order valence-electron chi connectivity index (χ0n) is 15.7. The Morgan fingerprint density at radius 1 is 1.10 bits per heavy atom. The first-order valence-corrected chi connectivity index (χ1v) is 11.1. The van der Waals surface area contributed by atoms with Crippen molar-refractivity contribution in [2.45, 2.75) is 11.8 Å². The van der Waals surface area contributed by atoms with E-state index in [0.717, 1.165) is 35.6 Å². The zero-order chi connectivity index (χ0) is 21.7. The number of sulfonamides is 1. The highest BCUT2D eigenvalue weighted by Gasteiger charge is 2.18. The molecule has 0 atom stereocenters. The van der Waals surface area contributed by atoms with Crippen LogP contribution >= 0.6 is 11.3 Å². The first kappa shape index (κ1) is 21.5. The average Bonchev–Trinajstić information content (AvgIpc) is 3.16. The molecule has 0 radical (unpaired) electrons. The number of nitrogens with one attached hydrogen (secondary N) is 2. The average molecular weight is 448 g/mol. The highest BCUT2D eigenvalue weighted by atomic mass is 32.2. The summed E-state index contributed by atoms with van der Waals surface area (Å²) in [7, 11) is -3.95. The largest absolute Gasteiger partial charge is 0.462 e. The van der Waals surface area contributed by atoms with Crippen molar-refractivity contribution in [3.8, 4) is 0 Å². The van der Waals surface area contributed by atoms with E-state index in [-0.39, 0.29) is 28.3 Å². The fourth-order valence-corrected chi connectivity index (χ4v) is 4.32. The molecule has 0 aliphatic rings. The van der Waals surface area contributed by atoms with Gasteiger partial charge in [0, 0.05) is 11.3 Å². The van der Waals surface area contributed by atoms with E-state index < -0.39 is 27.7 Å². The molecule has 0 aliphatic carbocycles. The molecule has 3 rings (SSSR count). The summed E-state index contributed by atoms with van der Waals surface area (Å²) in [5, 5.41) is 4.61. The van der Waals surface area contributed by atoms with Crippen molar-refractivity contribution >= 4 is 43.9 Å². The molecule has 1 amide bonds. The van der Waals surface area contributed by atoms with Crippen molar-refractivity contribution in [1.82, 2.24) is 0 Å². The molecule has 0 aliphatic heterocycles. The van der Waals surface area contributed by atoms with Crippen molar-refractivity contribution in [3.05, 3.63) is 76.9 Å². The van der Waals surface area contributed by atoms with Crippen LogP contribution in [0, 0.1) is 5.82 Å². The van der Waals surface area contributed by atoms with Crippen molar-refractivity contribution in [3.63, 3.8) is 0 Å². The smallest absolute Gasteiger partial charge is 0.341 e. The number of halogens is 1. The van der Waals surface area contributed by atoms with Gasteiger partial charge in [-0.1, -0.05) is 6.07 Å². The van der Waals surface area contributed by atoms with E-state index in [2.05, 4.69) is 10.0 Å². The third-order valence-corrected chi connectivity index (χ3v) is 6.12. The lowest BCUT2D eigenvalue weighted by Gasteiger charge is -2.10. The maximum Gasteiger partial charge on any atom is 0.341 e. The highest BCUT2D eigenvalue weighted by Crippen LogP contribution is 2.25. The number of benzene rings is 2. The van der Waals surface area contributed by atoms with Gasteiger partial charge >= 0.3 is 5.97 Å². The summed E-state index contributed by atoms with van der Waals surface area (Å²) < 4.78 is 45.2. The van der Waals surface area contributed by atoms with E-state index >= 15 is 0 Å². The molecular weight excluding hydrogens is 431 g/mol. The molecule has 10 heteroatoms. The molecule has 0 unspecified atom stereocenters. The summed E-state index contributed by atoms with van der Waals surface area (Å²) in [5.41, 5.74) is 0.574. The van der Waals surface area contributed by atoms with Crippen LogP contribution in [0.4, 0.5) is 15.1 Å². The minimum atomic E-state index is -3.95. The second kappa shape index (κ2) is 9.06. The summed E-state index contributed by atoms with van der Waals surface area (Å²) in [6.07, 6.45) is 0. The number of carbonyl (C=O) groups excluding carboxylic acids is 2. The predicted molar refractivity (Wildman–Crippen MR) is 112 cm³/mol. The second-order valence-electron chi connectivity index (χ2n) is 5.98. The minimum Gasteiger partial charge on any atom is -0.462 e. The molecular formula is C20H17FN2O5S2. The lowest BCUT2D eigenvalue weighted by molar-refractivity contribution is 0.0528. The molecule has 1 heterocycles. The molecule has 156 valence electrons. The summed E-state index contributed by atoms with van der Waals surface area (Å²) in [6, 6.07) is 11.8. The van der Waals surface area contributed by atoms with E-state index in [1.165, 1.54) is 24.3 Å². The van der Waals surface area contributed by atoms with Crippen molar-refractivity contribution < 1.29 is 27.1 Å². The Hall–Kier alpha value is -3.24. The number of rotatable bonds is 7. The van der Waals surface area contributed by atoms with Gasteiger partial charge in [-0.2, -0.15) is 0 Å². The van der Waals surface area contributed by atoms with Crippen LogP contribution in [0.5, 0.6) is 0 Å². The number of hydrogen-bond donors (Lipinski definition) is 2. The van der Waals surface area contributed by atoms with Gasteiger partial charge < -0.3 is 10.1 Å². The van der Waals surface area contributed by atoms with Gasteiger partial charge in [-0.05, 0) is 60.8 Å². The lowest BCUT2D eigenvalue weighted by Crippen LogP contribution is -2.16. The van der Waals surface area contributed by atoms with Crippen LogP contribution in [0.3, 0.4) is 0 Å². The molecule has 30 heavy (non-hydrogen) atoms. The predicted octanol–water partition coefficient (Wildman–Crippen LogP) is 4.12. The first-order valence-electron chi connectivity index (χ1n) is 8.74. The Morgan fingerprint density at radius 3 is 2.53 bits per heavy atom. The Labute approximate surface area is 176 Å². The van der Waals surface area contributed by atoms with E-state index in [9.17, 15) is 22.4 Å². The minimum absolute atomic E-state index is 0.114. The van der Waals surface area contributed by atoms with Gasteiger partial charge in [0.05, 0.1) is 17.1 Å². The molecule has 0 fully saturated rings. The number of thiophene rings is 1. The monoisotopic (exact) mass is 448 g/mol. The van der Waals surface area contributed by atoms with E-state index in [1.807, 2.05) is 0 Å². The summed E-state index contributed by atoms with van der Waals surface area (Å²) >= 11 is 1.16. The van der Waals surface area contributed by atoms with E-state index in [4.69, 9.17) is 4.74 Å². The number of ether oxygens (including phenoxy) is 1. The Kier molecular flexibility index (Phi) is 6.48. The van der Waals surface area contributed by atoms with Crippen LogP contribution in [-0.4, -0.2) is 26.9 Å². The molecule has 7 nitrogen and oxygen atoms in total. The maximum atomic E-state index is 13.0. The van der Waals surface area contributed by atoms with Gasteiger partial charge in [0.25, 0.3) is 15.9 Å². The number of amides is 1. The third kappa shape index (κ3) is 5.02. The van der Waals surface area contributed by atoms with Crippen LogP contribution in [-0.2, 0) is 14.8 Å². The number of carbonyl (C=O) groups is 2. The third-order valence-electron chi connectivity index (χ3n) is 3.89. The molecule has 0 saturated heterocycles. The van der Waals surface area contributed by atoms with Gasteiger partial charge in [-0.3, -0.25) is 9.52 Å². The van der Waals surface area contributed by atoms with Gasteiger partial charge in [-0.15, -0.1) is 11.3 Å². The van der Waals surface area contributed by atoms with Crippen LogP contribution in [0.15, 0.2) is 64.9 Å². The summed E-state index contributed by atoms with van der Waals surface area (Å²) in [6.45, 7) is 1.89. The Balaban J connectivity index is 1.77. The first-order chi connectivity index (χ1) is 14.3. The Morgan fingerprint density at radius 2 is 1.83 bits per heavy atom. The standard InChI is InChI=1S/C20H17FN2O5S2/c1-2-28-20(25)17-10-11-29-19(17)22-18(24)13-4-3-5-15(12-13)23-30(26,27)16-8-6-14(21)7-9-16/h3-12,23H,2H2,1H3,(H,22,24). The molecule has 0 bridgehead atoms. The van der Waals surface area contributed by atoms with Crippen LogP contribution in [0.1, 0.15) is 27.6 Å². The topological polar surface area (TPSA) is 102 Å². The van der Waals surface area contributed by atoms with E-state index in [0.29, 0.717) is 5.00 Å². The highest BCUT2D eigenvalue weighted by molar-refractivity contribution is 7.92. The molecule has 0 saturated carbocycles. The van der Waals surface area contributed by atoms with Crippen LogP contribution in [0.25, 0.3) is 0 Å². The number of anilines is 2. The summed E-state index contributed by atoms with van der Waals surface area (Å²) in [4.78, 5) is 24.4. The molecule has 0 spiro atoms. The number of hydrogen-bond acceptors (Lipinski definition) is 6. The van der Waals surface area contributed by atoms with Crippen molar-refractivity contribution in [2.75, 3.05) is 16.6 Å². The van der Waals surface area contributed by atoms with Gasteiger partial charge in [0.15, 0.2) is 0 Å². The molecule has 2 N–H and O–H groups in total. The van der Waals surface area contributed by atoms with Crippen molar-refractivity contribution in [1.29, 1.82) is 0 Å². The molecule has 2 aromatic carbocycles. The second-order valence-corrected chi connectivity index (χ2v) is 8.58. The van der Waals surface area contributed by atoms with Gasteiger partial charge in [-0.25, -0.2) is 17.6 Å². The fourth-order valence-electron chi connectivity index (χ4n) is 2.50. The van der Waals surface area contributed by atoms with Gasteiger partial charge in [0.1, 0.15) is 10.8 Å². The SMILES string of the molecule is CCOC(=O)c1ccsc1NC(=O)c1cccc(NS(=O)(=O)c2ccc(F)cc2)c1. The zero-order valence-corrected chi connectivity index (χ0v) is 17.3. The Bertz CT molecular complexity index is 1170. The number of esters is 1.